The van der Waals surface area contributed by atoms with E-state index >= 15 is 0 Å². The van der Waals surface area contributed by atoms with Crippen LogP contribution in [0.25, 0.3) is 0 Å². The minimum absolute atomic E-state index is 0.366. The zero-order chi connectivity index (χ0) is 11.3. The van der Waals surface area contributed by atoms with Crippen LogP contribution in [0.4, 0.5) is 4.79 Å². The maximum Gasteiger partial charge on any atom is 0.513 e. The van der Waals surface area contributed by atoms with E-state index in [0.29, 0.717) is 6.42 Å². The summed E-state index contributed by atoms with van der Waals surface area (Å²) in [6, 6.07) is -0.366. The Morgan fingerprint density at radius 2 is 2.20 bits per heavy atom. The first-order valence-corrected chi connectivity index (χ1v) is 5.33. The lowest BCUT2D eigenvalue weighted by Gasteiger charge is -2.33. The fraction of sp³-hybridized carbons (Fsp3) is 0.800. The molecule has 1 atom stereocenters. The van der Waals surface area contributed by atoms with E-state index in [-0.39, 0.29) is 6.04 Å². The molecule has 1 aliphatic rings. The highest BCUT2D eigenvalue weighted by Crippen LogP contribution is 2.18. The summed E-state index contributed by atoms with van der Waals surface area (Å²) in [6.45, 7) is 3.71. The molecule has 5 nitrogen and oxygen atoms in total. The Hall–Kier alpha value is -1.10. The van der Waals surface area contributed by atoms with Crippen LogP contribution in [0.3, 0.4) is 0 Å². The number of ether oxygens (including phenoxy) is 1. The first-order chi connectivity index (χ1) is 7.15. The van der Waals surface area contributed by atoms with E-state index in [0.717, 1.165) is 32.4 Å². The van der Waals surface area contributed by atoms with Crippen molar-refractivity contribution in [3.05, 3.63) is 0 Å². The van der Waals surface area contributed by atoms with Crippen molar-refractivity contribution in [2.45, 2.75) is 38.6 Å². The van der Waals surface area contributed by atoms with Crippen molar-refractivity contribution in [2.24, 2.45) is 0 Å². The van der Waals surface area contributed by atoms with Gasteiger partial charge in [-0.15, -0.1) is 0 Å². The molecule has 0 amide bonds. The highest BCUT2D eigenvalue weighted by Gasteiger charge is 2.30. The second kappa shape index (κ2) is 5.70. The third-order valence-electron chi connectivity index (χ3n) is 2.58. The SMILES string of the molecule is CCCN1CCCCC1C(=O)OC(=O)O. The van der Waals surface area contributed by atoms with Gasteiger partial charge in [-0.3, -0.25) is 4.90 Å². The Kier molecular flexibility index (Phi) is 4.55. The van der Waals surface area contributed by atoms with Crippen molar-refractivity contribution in [1.29, 1.82) is 0 Å². The standard InChI is InChI=1S/C10H17NO4/c1-2-6-11-7-4-3-5-8(11)9(12)15-10(13)14/h8H,2-7H2,1H3,(H,13,14). The van der Waals surface area contributed by atoms with Crippen LogP contribution in [0.15, 0.2) is 0 Å². The van der Waals surface area contributed by atoms with Crippen molar-refractivity contribution in [2.75, 3.05) is 13.1 Å². The lowest BCUT2D eigenvalue weighted by atomic mass is 10.0. The zero-order valence-corrected chi connectivity index (χ0v) is 8.94. The summed E-state index contributed by atoms with van der Waals surface area (Å²) in [5.74, 6) is -0.629. The predicted molar refractivity (Wildman–Crippen MR) is 53.6 cm³/mol. The van der Waals surface area contributed by atoms with Gasteiger partial charge in [0.15, 0.2) is 0 Å². The first-order valence-electron chi connectivity index (χ1n) is 5.33. The molecule has 0 aliphatic carbocycles. The monoisotopic (exact) mass is 215 g/mol. The lowest BCUT2D eigenvalue weighted by molar-refractivity contribution is -0.146. The van der Waals surface area contributed by atoms with Crippen molar-refractivity contribution in [3.63, 3.8) is 0 Å². The van der Waals surface area contributed by atoms with Crippen LogP contribution in [0.5, 0.6) is 0 Å². The van der Waals surface area contributed by atoms with E-state index in [1.165, 1.54) is 0 Å². The van der Waals surface area contributed by atoms with Crippen molar-refractivity contribution >= 4 is 12.1 Å². The third-order valence-corrected chi connectivity index (χ3v) is 2.58. The molecule has 1 aliphatic heterocycles. The molecule has 0 bridgehead atoms. The average Bonchev–Trinajstić information content (AvgIpc) is 2.18. The van der Waals surface area contributed by atoms with Gasteiger partial charge < -0.3 is 9.84 Å². The van der Waals surface area contributed by atoms with Gasteiger partial charge in [-0.1, -0.05) is 13.3 Å². The molecular weight excluding hydrogens is 198 g/mol. The highest BCUT2D eigenvalue weighted by molar-refractivity contribution is 5.84. The van der Waals surface area contributed by atoms with Crippen LogP contribution in [-0.2, 0) is 9.53 Å². The van der Waals surface area contributed by atoms with Crippen LogP contribution in [0, 0.1) is 0 Å². The van der Waals surface area contributed by atoms with Gasteiger partial charge in [0.25, 0.3) is 0 Å². The number of rotatable bonds is 3. The summed E-state index contributed by atoms with van der Waals surface area (Å²) in [5, 5.41) is 8.37. The Bertz CT molecular complexity index is 240. The van der Waals surface area contributed by atoms with Crippen molar-refractivity contribution in [3.8, 4) is 0 Å². The molecule has 86 valence electrons. The number of hydrogen-bond acceptors (Lipinski definition) is 4. The van der Waals surface area contributed by atoms with E-state index in [1.54, 1.807) is 0 Å². The maximum atomic E-state index is 11.4. The van der Waals surface area contributed by atoms with E-state index < -0.39 is 12.1 Å². The topological polar surface area (TPSA) is 66.8 Å². The second-order valence-corrected chi connectivity index (χ2v) is 3.73. The zero-order valence-electron chi connectivity index (χ0n) is 8.94. The van der Waals surface area contributed by atoms with Gasteiger partial charge in [0.1, 0.15) is 6.04 Å². The molecule has 15 heavy (non-hydrogen) atoms. The Morgan fingerprint density at radius 1 is 1.47 bits per heavy atom. The van der Waals surface area contributed by atoms with Crippen LogP contribution in [0.1, 0.15) is 32.6 Å². The first kappa shape index (κ1) is 12.0. The van der Waals surface area contributed by atoms with Gasteiger partial charge in [-0.25, -0.2) is 9.59 Å². The predicted octanol–water partition coefficient (Wildman–Crippen LogP) is 1.47. The van der Waals surface area contributed by atoms with Crippen LogP contribution in [0.2, 0.25) is 0 Å². The number of carboxylic acid groups (broad SMARTS) is 1. The molecule has 0 spiro atoms. The van der Waals surface area contributed by atoms with Crippen LogP contribution < -0.4 is 0 Å². The van der Waals surface area contributed by atoms with Crippen LogP contribution >= 0.6 is 0 Å². The molecule has 0 radical (unpaired) electrons. The number of likely N-dealkylation sites (tertiary alicyclic amines) is 1. The van der Waals surface area contributed by atoms with Crippen molar-refractivity contribution < 1.29 is 19.4 Å². The molecule has 0 saturated carbocycles. The number of carbonyl (C=O) groups excluding carboxylic acids is 1. The molecule has 5 heteroatoms. The molecule has 1 unspecified atom stereocenters. The summed E-state index contributed by atoms with van der Waals surface area (Å²) >= 11 is 0. The largest absolute Gasteiger partial charge is 0.513 e. The third kappa shape index (κ3) is 3.51. The molecule has 1 saturated heterocycles. The van der Waals surface area contributed by atoms with E-state index in [1.807, 2.05) is 11.8 Å². The molecule has 0 aromatic carbocycles. The minimum atomic E-state index is -1.51. The minimum Gasteiger partial charge on any atom is -0.449 e. The van der Waals surface area contributed by atoms with E-state index in [2.05, 4.69) is 4.74 Å². The fourth-order valence-corrected chi connectivity index (χ4v) is 1.97. The van der Waals surface area contributed by atoms with Gasteiger partial charge in [-0.2, -0.15) is 0 Å². The Morgan fingerprint density at radius 3 is 2.80 bits per heavy atom. The van der Waals surface area contributed by atoms with E-state index in [4.69, 9.17) is 5.11 Å². The van der Waals surface area contributed by atoms with E-state index in [9.17, 15) is 9.59 Å². The number of piperidine rings is 1. The molecule has 1 heterocycles. The summed E-state index contributed by atoms with van der Waals surface area (Å²) in [4.78, 5) is 23.7. The molecule has 0 aromatic heterocycles. The molecule has 1 fully saturated rings. The second-order valence-electron chi connectivity index (χ2n) is 3.73. The molecule has 1 rings (SSSR count). The van der Waals surface area contributed by atoms with Crippen LogP contribution in [-0.4, -0.2) is 41.3 Å². The smallest absolute Gasteiger partial charge is 0.449 e. The highest BCUT2D eigenvalue weighted by atomic mass is 16.7. The molecule has 1 N–H and O–H groups in total. The Labute approximate surface area is 89.0 Å². The maximum absolute atomic E-state index is 11.4. The number of carbonyl (C=O) groups is 2. The summed E-state index contributed by atoms with van der Waals surface area (Å²) in [7, 11) is 0. The van der Waals surface area contributed by atoms with Gasteiger partial charge in [0, 0.05) is 0 Å². The summed E-state index contributed by atoms with van der Waals surface area (Å²) in [6.07, 6.45) is 2.17. The van der Waals surface area contributed by atoms with Gasteiger partial charge in [0.05, 0.1) is 0 Å². The number of nitrogens with zero attached hydrogens (tertiary/aromatic N) is 1. The summed E-state index contributed by atoms with van der Waals surface area (Å²) in [5.41, 5.74) is 0. The normalized spacial score (nSPS) is 22.3. The number of hydrogen-bond donors (Lipinski definition) is 1. The van der Waals surface area contributed by atoms with Gasteiger partial charge in [0.2, 0.25) is 0 Å². The Balaban J connectivity index is 2.54. The quantitative estimate of drug-likeness (QED) is 0.570. The van der Waals surface area contributed by atoms with Gasteiger partial charge >= 0.3 is 12.1 Å². The molecular formula is C10H17NO4. The lowest BCUT2D eigenvalue weighted by Crippen LogP contribution is -2.46. The summed E-state index contributed by atoms with van der Waals surface area (Å²) < 4.78 is 4.20. The van der Waals surface area contributed by atoms with Crippen molar-refractivity contribution in [1.82, 2.24) is 4.90 Å². The average molecular weight is 215 g/mol. The number of esters is 1. The fourth-order valence-electron chi connectivity index (χ4n) is 1.97. The molecule has 0 aromatic rings. The van der Waals surface area contributed by atoms with Gasteiger partial charge in [-0.05, 0) is 32.4 Å².